The second-order valence-corrected chi connectivity index (χ2v) is 2.88. The van der Waals surface area contributed by atoms with E-state index in [1.807, 2.05) is 0 Å². The molecule has 0 aromatic carbocycles. The molecule has 19 heavy (non-hydrogen) atoms. The monoisotopic (exact) mass is 306 g/mol. The summed E-state index contributed by atoms with van der Waals surface area (Å²) in [6.45, 7) is 0. The van der Waals surface area contributed by atoms with Crippen LogP contribution in [0.3, 0.4) is 0 Å². The van der Waals surface area contributed by atoms with Crippen LogP contribution in [0.1, 0.15) is 0 Å². The van der Waals surface area contributed by atoms with E-state index in [4.69, 9.17) is 0 Å². The molecular weight excluding hydrogens is 306 g/mol. The molecule has 0 radical (unpaired) electrons. The van der Waals surface area contributed by atoms with Gasteiger partial charge in [0.15, 0.2) is 0 Å². The van der Waals surface area contributed by atoms with Crippen LogP contribution < -0.4 is 0 Å². The smallest absolute Gasteiger partial charge is 0.284 e. The van der Waals surface area contributed by atoms with Crippen LogP contribution in [0, 0.1) is 0 Å². The first-order chi connectivity index (χ1) is 8.17. The van der Waals surface area contributed by atoms with E-state index in [2.05, 4.69) is 0 Å². The topological polar surface area (TPSA) is 34.1 Å². The zero-order valence-electron chi connectivity index (χ0n) is 8.10. The van der Waals surface area contributed by atoms with Gasteiger partial charge in [0, 0.05) is 0 Å². The summed E-state index contributed by atoms with van der Waals surface area (Å²) in [5.41, 5.74) is 0. The number of hydrogen-bond acceptors (Lipinski definition) is 2. The van der Waals surface area contributed by atoms with E-state index >= 15 is 0 Å². The minimum absolute atomic E-state index is 3.67. The van der Waals surface area contributed by atoms with Crippen LogP contribution in [-0.4, -0.2) is 29.6 Å². The number of carbonyl (C=O) groups excluding carboxylic acids is 2. The van der Waals surface area contributed by atoms with Crippen molar-refractivity contribution in [1.82, 2.24) is 0 Å². The maximum atomic E-state index is 12.6. The van der Waals surface area contributed by atoms with Crippen molar-refractivity contribution in [2.45, 2.75) is 18.0 Å². The van der Waals surface area contributed by atoms with Crippen molar-refractivity contribution in [1.29, 1.82) is 0 Å². The largest absolute Gasteiger partial charge is 0.456 e. The number of allylic oxidation sites excluding steroid dienone is 1. The van der Waals surface area contributed by atoms with Crippen molar-refractivity contribution in [3.8, 4) is 0 Å². The zero-order chi connectivity index (χ0) is 15.8. The Morgan fingerprint density at radius 1 is 0.684 bits per heavy atom. The van der Waals surface area contributed by atoms with Gasteiger partial charge in [0.2, 0.25) is 5.83 Å². The fraction of sp³-hybridized carbons (Fsp3) is 0.429. The molecule has 0 saturated carbocycles. The highest BCUT2D eigenvalue weighted by Gasteiger charge is 2.72. The van der Waals surface area contributed by atoms with Gasteiger partial charge in [-0.3, -0.25) is 9.59 Å². The molecule has 0 N–H and O–H groups in total. The molecule has 110 valence electrons. The van der Waals surface area contributed by atoms with Crippen LogP contribution in [0.2, 0.25) is 0 Å². The van der Waals surface area contributed by atoms with E-state index in [1.165, 1.54) is 0 Å². The molecule has 0 aromatic heterocycles. The average molecular weight is 306 g/mol. The van der Waals surface area contributed by atoms with Crippen molar-refractivity contribution in [2.75, 3.05) is 0 Å². The Labute approximate surface area is 96.2 Å². The van der Waals surface area contributed by atoms with Gasteiger partial charge >= 0.3 is 29.9 Å². The Balaban J connectivity index is 5.73. The number of alkyl halides is 7. The maximum Gasteiger partial charge on any atom is 0.456 e. The van der Waals surface area contributed by atoms with Gasteiger partial charge in [-0.15, -0.1) is 0 Å². The normalized spacial score (nSPS) is 13.2. The molecule has 0 unspecified atom stereocenters. The summed E-state index contributed by atoms with van der Waals surface area (Å²) in [7, 11) is 0. The van der Waals surface area contributed by atoms with Gasteiger partial charge in [0.1, 0.15) is 0 Å². The van der Waals surface area contributed by atoms with Gasteiger partial charge in [-0.25, -0.2) is 0 Å². The third-order valence-corrected chi connectivity index (χ3v) is 1.59. The van der Waals surface area contributed by atoms with Gasteiger partial charge in [-0.1, -0.05) is 0 Å². The Kier molecular flexibility index (Phi) is 4.40. The quantitative estimate of drug-likeness (QED) is 0.591. The van der Waals surface area contributed by atoms with E-state index < -0.39 is 41.5 Å². The zero-order valence-corrected chi connectivity index (χ0v) is 8.10. The Morgan fingerprint density at radius 2 is 1.05 bits per heavy atom. The van der Waals surface area contributed by atoms with Crippen molar-refractivity contribution < 1.29 is 53.5 Å². The first kappa shape index (κ1) is 17.4. The molecular formula is C7F10O2. The van der Waals surface area contributed by atoms with Crippen LogP contribution in [0.15, 0.2) is 11.9 Å². The molecule has 0 rings (SSSR count). The molecule has 0 aromatic rings. The van der Waals surface area contributed by atoms with Gasteiger partial charge in [-0.2, -0.15) is 43.9 Å². The number of hydrogen-bond donors (Lipinski definition) is 0. The number of halogens is 10. The lowest BCUT2D eigenvalue weighted by molar-refractivity contribution is -0.234. The minimum Gasteiger partial charge on any atom is -0.284 e. The summed E-state index contributed by atoms with van der Waals surface area (Å²) in [6, 6.07) is 0. The second-order valence-electron chi connectivity index (χ2n) is 2.88. The Hall–Kier alpha value is -1.62. The van der Waals surface area contributed by atoms with Gasteiger partial charge < -0.3 is 0 Å². The van der Waals surface area contributed by atoms with Gasteiger partial charge in [0.05, 0.1) is 0 Å². The van der Waals surface area contributed by atoms with Crippen LogP contribution in [0.4, 0.5) is 43.9 Å². The van der Waals surface area contributed by atoms with E-state index in [0.717, 1.165) is 0 Å². The van der Waals surface area contributed by atoms with E-state index in [1.54, 1.807) is 0 Å². The van der Waals surface area contributed by atoms with Crippen LogP contribution >= 0.6 is 0 Å². The van der Waals surface area contributed by atoms with E-state index in [-0.39, 0.29) is 0 Å². The molecule has 0 aliphatic rings. The molecule has 0 atom stereocenters. The number of Topliss-reactive ketones (excluding diaryl/α,β-unsaturated/α-hetero) is 2. The highest BCUT2D eigenvalue weighted by molar-refractivity contribution is 6.05. The Bertz CT molecular complexity index is 428. The fourth-order valence-corrected chi connectivity index (χ4v) is 0.687. The molecule has 0 saturated heterocycles. The number of rotatable bonds is 4. The van der Waals surface area contributed by atoms with Gasteiger partial charge in [-0.05, 0) is 0 Å². The molecule has 0 fully saturated rings. The fourth-order valence-electron chi connectivity index (χ4n) is 0.687. The van der Waals surface area contributed by atoms with Crippen molar-refractivity contribution in [3.05, 3.63) is 11.9 Å². The van der Waals surface area contributed by atoms with E-state index in [9.17, 15) is 53.5 Å². The first-order valence-corrected chi connectivity index (χ1v) is 3.80. The molecule has 0 bridgehead atoms. The highest BCUT2D eigenvalue weighted by atomic mass is 19.4. The van der Waals surface area contributed by atoms with Crippen LogP contribution in [0.25, 0.3) is 0 Å². The minimum atomic E-state index is -6.73. The summed E-state index contributed by atoms with van der Waals surface area (Å²) in [5.74, 6) is -25.3. The molecule has 0 spiro atoms. The van der Waals surface area contributed by atoms with Crippen molar-refractivity contribution in [3.63, 3.8) is 0 Å². The Morgan fingerprint density at radius 3 is 1.32 bits per heavy atom. The summed E-state index contributed by atoms with van der Waals surface area (Å²) in [4.78, 5) is 20.2. The van der Waals surface area contributed by atoms with Crippen molar-refractivity contribution >= 4 is 11.6 Å². The average Bonchev–Trinajstić information content (AvgIpc) is 2.23. The van der Waals surface area contributed by atoms with Gasteiger partial charge in [0.25, 0.3) is 5.78 Å². The summed E-state index contributed by atoms with van der Waals surface area (Å²) in [5, 5.41) is 0. The molecule has 0 amide bonds. The van der Waals surface area contributed by atoms with Crippen LogP contribution in [-0.2, 0) is 9.59 Å². The summed E-state index contributed by atoms with van der Waals surface area (Å²) in [6.07, 6.45) is -10.2. The molecule has 0 aliphatic heterocycles. The molecule has 12 heteroatoms. The lowest BCUT2D eigenvalue weighted by Gasteiger charge is -2.23. The third kappa shape index (κ3) is 3.04. The highest BCUT2D eigenvalue weighted by Crippen LogP contribution is 2.42. The maximum absolute atomic E-state index is 12.6. The third-order valence-electron chi connectivity index (χ3n) is 1.59. The standard InChI is InChI=1S/C7F10O2/c8-1(3(9)10)2(18)5(11,12)6(13,14)4(19)7(15,16)17. The molecule has 0 heterocycles. The van der Waals surface area contributed by atoms with E-state index in [0.29, 0.717) is 0 Å². The SMILES string of the molecule is O=C(C(F)=C(F)F)C(F)(F)C(F)(F)C(=O)C(F)(F)F. The lowest BCUT2D eigenvalue weighted by atomic mass is 10.0. The predicted molar refractivity (Wildman–Crippen MR) is 36.3 cm³/mol. The second kappa shape index (κ2) is 4.81. The van der Waals surface area contributed by atoms with Crippen molar-refractivity contribution in [2.24, 2.45) is 0 Å². The summed E-state index contributed by atoms with van der Waals surface area (Å²) < 4.78 is 120. The number of carbonyl (C=O) groups is 2. The summed E-state index contributed by atoms with van der Waals surface area (Å²) >= 11 is 0. The lowest BCUT2D eigenvalue weighted by Crippen LogP contribution is -2.56. The predicted octanol–water partition coefficient (Wildman–Crippen LogP) is 3.04. The number of ketones is 2. The van der Waals surface area contributed by atoms with Crippen LogP contribution in [0.5, 0.6) is 0 Å². The first-order valence-electron chi connectivity index (χ1n) is 3.80. The molecule has 0 aliphatic carbocycles. The molecule has 2 nitrogen and oxygen atoms in total.